The molecule has 0 spiro atoms. The van der Waals surface area contributed by atoms with Gasteiger partial charge in [0.1, 0.15) is 9.84 Å². The summed E-state index contributed by atoms with van der Waals surface area (Å²) in [5.41, 5.74) is 0. The van der Waals surface area contributed by atoms with Crippen LogP contribution in [0.2, 0.25) is 0 Å². The first-order valence-corrected chi connectivity index (χ1v) is 8.84. The van der Waals surface area contributed by atoms with Gasteiger partial charge in [0.25, 0.3) is 0 Å². The van der Waals surface area contributed by atoms with Crippen molar-refractivity contribution in [2.75, 3.05) is 32.6 Å². The van der Waals surface area contributed by atoms with E-state index in [0.717, 1.165) is 19.4 Å². The largest absolute Gasteiger partial charge is 0.312 e. The predicted molar refractivity (Wildman–Crippen MR) is 78.7 cm³/mol. The molecule has 0 heterocycles. The van der Waals surface area contributed by atoms with E-state index in [9.17, 15) is 8.42 Å². The number of hydrogen-bond acceptors (Lipinski definition) is 4. The third-order valence-corrected chi connectivity index (χ3v) is 4.59. The highest BCUT2D eigenvalue weighted by Crippen LogP contribution is 2.16. The molecule has 0 aromatic carbocycles. The van der Waals surface area contributed by atoms with E-state index in [2.05, 4.69) is 38.2 Å². The van der Waals surface area contributed by atoms with Crippen molar-refractivity contribution >= 4 is 9.84 Å². The first kappa shape index (κ1) is 17.9. The molecule has 5 heteroatoms. The number of rotatable bonds is 9. The summed E-state index contributed by atoms with van der Waals surface area (Å²) in [6, 6.07) is 0.471. The lowest BCUT2D eigenvalue weighted by molar-refractivity contribution is 0.191. The van der Waals surface area contributed by atoms with Crippen LogP contribution in [0.4, 0.5) is 0 Å². The summed E-state index contributed by atoms with van der Waals surface area (Å²) >= 11 is 0. The Morgan fingerprint density at radius 1 is 1.17 bits per heavy atom. The second kappa shape index (κ2) is 8.12. The normalized spacial score (nSPS) is 16.2. The maximum atomic E-state index is 11.2. The van der Waals surface area contributed by atoms with Gasteiger partial charge >= 0.3 is 0 Å². The van der Waals surface area contributed by atoms with Crippen molar-refractivity contribution in [3.63, 3.8) is 0 Å². The van der Waals surface area contributed by atoms with Crippen molar-refractivity contribution in [1.29, 1.82) is 0 Å². The molecule has 0 aliphatic heterocycles. The van der Waals surface area contributed by atoms with E-state index >= 15 is 0 Å². The summed E-state index contributed by atoms with van der Waals surface area (Å²) < 4.78 is 22.4. The van der Waals surface area contributed by atoms with Crippen LogP contribution in [0, 0.1) is 5.92 Å². The van der Waals surface area contributed by atoms with Crippen molar-refractivity contribution < 1.29 is 8.42 Å². The zero-order chi connectivity index (χ0) is 14.3. The molecule has 0 aromatic heterocycles. The Balaban J connectivity index is 4.36. The van der Waals surface area contributed by atoms with Crippen LogP contribution in [0.15, 0.2) is 0 Å². The minimum Gasteiger partial charge on any atom is -0.312 e. The molecule has 0 saturated carbocycles. The minimum absolute atomic E-state index is 0.0109. The number of hydrogen-bond donors (Lipinski definition) is 1. The second-order valence-corrected chi connectivity index (χ2v) is 7.69. The molecule has 0 bridgehead atoms. The summed E-state index contributed by atoms with van der Waals surface area (Å²) in [7, 11) is 1.28. The maximum absolute atomic E-state index is 11.2. The Hall–Kier alpha value is -0.130. The van der Waals surface area contributed by atoms with Gasteiger partial charge in [-0.25, -0.2) is 8.42 Å². The van der Waals surface area contributed by atoms with Gasteiger partial charge in [-0.1, -0.05) is 26.7 Å². The van der Waals surface area contributed by atoms with Crippen LogP contribution in [0.5, 0.6) is 0 Å². The molecular formula is C13H30N2O2S. The monoisotopic (exact) mass is 278 g/mol. The molecule has 0 amide bonds. The van der Waals surface area contributed by atoms with E-state index in [1.807, 2.05) is 6.92 Å². The fraction of sp³-hybridized carbons (Fsp3) is 1.00. The smallest absolute Gasteiger partial charge is 0.148 e. The summed E-state index contributed by atoms with van der Waals surface area (Å²) in [5, 5.41) is 3.35. The highest BCUT2D eigenvalue weighted by Gasteiger charge is 2.21. The van der Waals surface area contributed by atoms with Crippen LogP contribution in [0.3, 0.4) is 0 Å². The van der Waals surface area contributed by atoms with Gasteiger partial charge in [0.15, 0.2) is 0 Å². The van der Waals surface area contributed by atoms with Crippen molar-refractivity contribution in [2.45, 2.75) is 45.7 Å². The SMILES string of the molecule is CCC(CC)C(CNC(C)CS(C)(=O)=O)N(C)C. The molecular weight excluding hydrogens is 248 g/mol. The lowest BCUT2D eigenvalue weighted by Crippen LogP contribution is -2.46. The standard InChI is InChI=1S/C13H30N2O2S/c1-7-12(8-2)13(15(4)5)9-14-11(3)10-18(6,16)17/h11-14H,7-10H2,1-6H3. The van der Waals surface area contributed by atoms with Gasteiger partial charge < -0.3 is 10.2 Å². The number of sulfone groups is 1. The molecule has 0 rings (SSSR count). The molecule has 18 heavy (non-hydrogen) atoms. The summed E-state index contributed by atoms with van der Waals surface area (Å²) in [5.74, 6) is 0.855. The first-order valence-electron chi connectivity index (χ1n) is 6.78. The van der Waals surface area contributed by atoms with Crippen LogP contribution in [-0.2, 0) is 9.84 Å². The molecule has 0 aliphatic carbocycles. The topological polar surface area (TPSA) is 49.4 Å². The van der Waals surface area contributed by atoms with Crippen molar-refractivity contribution in [3.8, 4) is 0 Å². The Morgan fingerprint density at radius 2 is 1.67 bits per heavy atom. The molecule has 0 radical (unpaired) electrons. The van der Waals surface area contributed by atoms with Crippen molar-refractivity contribution in [3.05, 3.63) is 0 Å². The van der Waals surface area contributed by atoms with E-state index in [0.29, 0.717) is 12.0 Å². The van der Waals surface area contributed by atoms with Gasteiger partial charge in [-0.2, -0.15) is 0 Å². The highest BCUT2D eigenvalue weighted by molar-refractivity contribution is 7.90. The van der Waals surface area contributed by atoms with Crippen molar-refractivity contribution in [1.82, 2.24) is 10.2 Å². The number of nitrogens with one attached hydrogen (secondary N) is 1. The van der Waals surface area contributed by atoms with Gasteiger partial charge in [0.05, 0.1) is 5.75 Å². The lowest BCUT2D eigenvalue weighted by atomic mass is 9.93. The molecule has 0 saturated heterocycles. The molecule has 2 unspecified atom stereocenters. The van der Waals surface area contributed by atoms with Crippen LogP contribution >= 0.6 is 0 Å². The first-order chi connectivity index (χ1) is 8.21. The molecule has 2 atom stereocenters. The Labute approximate surface area is 113 Å². The highest BCUT2D eigenvalue weighted by atomic mass is 32.2. The minimum atomic E-state index is -2.90. The van der Waals surface area contributed by atoms with Crippen molar-refractivity contribution in [2.24, 2.45) is 5.92 Å². The third-order valence-electron chi connectivity index (χ3n) is 3.48. The summed E-state index contributed by atoms with van der Waals surface area (Å²) in [6.45, 7) is 7.20. The summed E-state index contributed by atoms with van der Waals surface area (Å²) in [6.07, 6.45) is 3.60. The Morgan fingerprint density at radius 3 is 2.00 bits per heavy atom. The molecule has 0 aliphatic rings. The van der Waals surface area contributed by atoms with E-state index in [1.165, 1.54) is 6.26 Å². The molecule has 0 fully saturated rings. The predicted octanol–water partition coefficient (Wildman–Crippen LogP) is 1.38. The van der Waals surface area contributed by atoms with Gasteiger partial charge in [-0.3, -0.25) is 0 Å². The van der Waals surface area contributed by atoms with Crippen LogP contribution in [-0.4, -0.2) is 58.1 Å². The Kier molecular flexibility index (Phi) is 8.06. The quantitative estimate of drug-likeness (QED) is 0.692. The fourth-order valence-electron chi connectivity index (χ4n) is 2.44. The van der Waals surface area contributed by atoms with Crippen LogP contribution < -0.4 is 5.32 Å². The Bertz CT molecular complexity index is 311. The van der Waals surface area contributed by atoms with Gasteiger partial charge in [0.2, 0.25) is 0 Å². The van der Waals surface area contributed by atoms with E-state index in [-0.39, 0.29) is 11.8 Å². The van der Waals surface area contributed by atoms with Crippen LogP contribution in [0.1, 0.15) is 33.6 Å². The second-order valence-electron chi connectivity index (χ2n) is 5.51. The number of likely N-dealkylation sites (N-methyl/N-ethyl adjacent to an activating group) is 1. The van der Waals surface area contributed by atoms with Gasteiger partial charge in [-0.15, -0.1) is 0 Å². The molecule has 1 N–H and O–H groups in total. The number of nitrogens with zero attached hydrogens (tertiary/aromatic N) is 1. The third kappa shape index (κ3) is 7.34. The van der Waals surface area contributed by atoms with Gasteiger partial charge in [-0.05, 0) is 26.9 Å². The zero-order valence-electron chi connectivity index (χ0n) is 12.7. The molecule has 0 aromatic rings. The van der Waals surface area contributed by atoms with E-state index < -0.39 is 9.84 Å². The molecule has 4 nitrogen and oxygen atoms in total. The van der Waals surface area contributed by atoms with E-state index in [1.54, 1.807) is 0 Å². The average Bonchev–Trinajstić information content (AvgIpc) is 2.21. The van der Waals surface area contributed by atoms with Gasteiger partial charge in [0, 0.05) is 24.9 Å². The molecule has 110 valence electrons. The average molecular weight is 278 g/mol. The lowest BCUT2D eigenvalue weighted by Gasteiger charge is -2.32. The van der Waals surface area contributed by atoms with Crippen LogP contribution in [0.25, 0.3) is 0 Å². The zero-order valence-corrected chi connectivity index (χ0v) is 13.5. The fourth-order valence-corrected chi connectivity index (χ4v) is 3.46. The summed E-state index contributed by atoms with van der Waals surface area (Å²) in [4.78, 5) is 2.23. The maximum Gasteiger partial charge on any atom is 0.148 e. The van der Waals surface area contributed by atoms with E-state index in [4.69, 9.17) is 0 Å².